The molecule has 0 amide bonds. The van der Waals surface area contributed by atoms with E-state index < -0.39 is 5.60 Å². The summed E-state index contributed by atoms with van der Waals surface area (Å²) in [6, 6.07) is 7.55. The Kier molecular flexibility index (Phi) is 3.33. The Labute approximate surface area is 124 Å². The van der Waals surface area contributed by atoms with Crippen molar-refractivity contribution in [2.24, 2.45) is 0 Å². The van der Waals surface area contributed by atoms with Crippen LogP contribution < -0.4 is 10.5 Å². The third-order valence-electron chi connectivity index (χ3n) is 3.89. The summed E-state index contributed by atoms with van der Waals surface area (Å²) in [7, 11) is 0. The molecule has 0 fully saturated rings. The summed E-state index contributed by atoms with van der Waals surface area (Å²) in [5, 5.41) is 11.1. The van der Waals surface area contributed by atoms with Gasteiger partial charge in [-0.25, -0.2) is 0 Å². The highest BCUT2D eigenvalue weighted by Gasteiger charge is 2.38. The second-order valence-corrected chi connectivity index (χ2v) is 5.85. The quantitative estimate of drug-likeness (QED) is 0.850. The van der Waals surface area contributed by atoms with Crippen molar-refractivity contribution in [2.45, 2.75) is 38.4 Å². The van der Waals surface area contributed by atoms with Crippen molar-refractivity contribution in [3.63, 3.8) is 0 Å². The zero-order valence-electron chi connectivity index (χ0n) is 12.3. The fraction of sp³-hybridized carbons (Fsp3) is 0.353. The van der Waals surface area contributed by atoms with Crippen LogP contribution >= 0.6 is 0 Å². The van der Waals surface area contributed by atoms with Gasteiger partial charge in [0.25, 0.3) is 0 Å². The number of aliphatic hydroxyl groups is 1. The van der Waals surface area contributed by atoms with E-state index in [0.717, 1.165) is 28.8 Å². The predicted molar refractivity (Wildman–Crippen MR) is 82.2 cm³/mol. The molecule has 0 spiro atoms. The van der Waals surface area contributed by atoms with Crippen molar-refractivity contribution in [1.82, 2.24) is 4.98 Å². The molecule has 1 aromatic carbocycles. The van der Waals surface area contributed by atoms with Crippen molar-refractivity contribution >= 4 is 5.69 Å². The number of fused-ring (bicyclic) bond motifs is 1. The monoisotopic (exact) mass is 284 g/mol. The van der Waals surface area contributed by atoms with E-state index in [-0.39, 0.29) is 6.10 Å². The van der Waals surface area contributed by atoms with Crippen LogP contribution in [0.15, 0.2) is 36.7 Å². The largest absolute Gasteiger partial charge is 0.489 e. The van der Waals surface area contributed by atoms with Crippen LogP contribution in [0.2, 0.25) is 0 Å². The number of hydrogen-bond donors (Lipinski definition) is 2. The highest BCUT2D eigenvalue weighted by Crippen LogP contribution is 2.43. The molecule has 1 aliphatic carbocycles. The fourth-order valence-corrected chi connectivity index (χ4v) is 2.96. The Morgan fingerprint density at radius 2 is 2.10 bits per heavy atom. The number of benzene rings is 1. The molecule has 0 saturated heterocycles. The Balaban J connectivity index is 2.01. The van der Waals surface area contributed by atoms with Crippen LogP contribution in [0.1, 0.15) is 37.0 Å². The second kappa shape index (κ2) is 5.04. The summed E-state index contributed by atoms with van der Waals surface area (Å²) < 4.78 is 5.67. The maximum absolute atomic E-state index is 11.1. The molecule has 2 aromatic rings. The van der Waals surface area contributed by atoms with Gasteiger partial charge in [-0.2, -0.15) is 0 Å². The van der Waals surface area contributed by atoms with Gasteiger partial charge in [0.1, 0.15) is 11.4 Å². The van der Waals surface area contributed by atoms with Gasteiger partial charge in [-0.05, 0) is 56.0 Å². The molecule has 1 aliphatic rings. The molecule has 0 radical (unpaired) electrons. The molecule has 1 unspecified atom stereocenters. The Morgan fingerprint density at radius 1 is 1.29 bits per heavy atom. The topological polar surface area (TPSA) is 68.4 Å². The molecular weight excluding hydrogens is 264 g/mol. The highest BCUT2D eigenvalue weighted by molar-refractivity contribution is 5.52. The van der Waals surface area contributed by atoms with E-state index in [2.05, 4.69) is 4.98 Å². The number of rotatable bonds is 3. The third kappa shape index (κ3) is 2.47. The predicted octanol–water partition coefficient (Wildman–Crippen LogP) is 2.63. The van der Waals surface area contributed by atoms with Crippen molar-refractivity contribution < 1.29 is 9.84 Å². The number of aromatic nitrogens is 1. The maximum atomic E-state index is 11.1. The van der Waals surface area contributed by atoms with Crippen LogP contribution in [0.25, 0.3) is 0 Å². The van der Waals surface area contributed by atoms with Gasteiger partial charge in [-0.1, -0.05) is 6.07 Å². The Bertz CT molecular complexity index is 670. The standard InChI is InChI=1S/C17H20N2O2/c1-11(2)21-15-8-13(9-19-10-15)17(20)6-5-12-7-14(18)3-4-16(12)17/h3-4,7-11,20H,5-6,18H2,1-2H3. The summed E-state index contributed by atoms with van der Waals surface area (Å²) in [5.41, 5.74) is 8.33. The van der Waals surface area contributed by atoms with Crippen molar-refractivity contribution in [1.29, 1.82) is 0 Å². The van der Waals surface area contributed by atoms with Crippen LogP contribution in [-0.4, -0.2) is 16.2 Å². The van der Waals surface area contributed by atoms with Crippen LogP contribution in [0.3, 0.4) is 0 Å². The molecule has 4 heteroatoms. The van der Waals surface area contributed by atoms with Gasteiger partial charge in [-0.3, -0.25) is 4.98 Å². The zero-order valence-corrected chi connectivity index (χ0v) is 12.3. The summed E-state index contributed by atoms with van der Waals surface area (Å²) >= 11 is 0. The van der Waals surface area contributed by atoms with Crippen molar-refractivity contribution in [3.8, 4) is 5.75 Å². The number of pyridine rings is 1. The van der Waals surface area contributed by atoms with Crippen molar-refractivity contribution in [3.05, 3.63) is 53.3 Å². The molecular formula is C17H20N2O2. The second-order valence-electron chi connectivity index (χ2n) is 5.85. The average Bonchev–Trinajstić information content (AvgIpc) is 2.76. The van der Waals surface area contributed by atoms with E-state index >= 15 is 0 Å². The van der Waals surface area contributed by atoms with Gasteiger partial charge in [0.05, 0.1) is 12.3 Å². The Hall–Kier alpha value is -2.07. The molecule has 0 bridgehead atoms. The first-order chi connectivity index (χ1) is 9.99. The van der Waals surface area contributed by atoms with Gasteiger partial charge in [0.2, 0.25) is 0 Å². The summed E-state index contributed by atoms with van der Waals surface area (Å²) in [4.78, 5) is 4.21. The SMILES string of the molecule is CC(C)Oc1cncc(C2(O)CCc3cc(N)ccc32)c1. The molecule has 4 nitrogen and oxygen atoms in total. The van der Waals surface area contributed by atoms with Gasteiger partial charge >= 0.3 is 0 Å². The Morgan fingerprint density at radius 3 is 2.86 bits per heavy atom. The summed E-state index contributed by atoms with van der Waals surface area (Å²) in [6.07, 6.45) is 4.90. The summed E-state index contributed by atoms with van der Waals surface area (Å²) in [6.45, 7) is 3.93. The van der Waals surface area contributed by atoms with Gasteiger partial charge in [0, 0.05) is 17.4 Å². The van der Waals surface area contributed by atoms with Crippen LogP contribution in [0.4, 0.5) is 5.69 Å². The molecule has 1 atom stereocenters. The van der Waals surface area contributed by atoms with E-state index in [1.54, 1.807) is 12.4 Å². The van der Waals surface area contributed by atoms with E-state index in [1.165, 1.54) is 0 Å². The van der Waals surface area contributed by atoms with Gasteiger partial charge < -0.3 is 15.6 Å². The van der Waals surface area contributed by atoms with E-state index in [4.69, 9.17) is 10.5 Å². The van der Waals surface area contributed by atoms with Crippen molar-refractivity contribution in [2.75, 3.05) is 5.73 Å². The molecule has 1 heterocycles. The lowest BCUT2D eigenvalue weighted by atomic mass is 9.89. The van der Waals surface area contributed by atoms with E-state index in [0.29, 0.717) is 12.2 Å². The molecule has 0 saturated carbocycles. The van der Waals surface area contributed by atoms with Crippen LogP contribution in [0, 0.1) is 0 Å². The first-order valence-corrected chi connectivity index (χ1v) is 7.22. The number of nitrogens with zero attached hydrogens (tertiary/aromatic N) is 1. The van der Waals surface area contributed by atoms with E-state index in [9.17, 15) is 5.11 Å². The molecule has 21 heavy (non-hydrogen) atoms. The minimum absolute atomic E-state index is 0.0763. The lowest BCUT2D eigenvalue weighted by Crippen LogP contribution is -2.24. The molecule has 3 rings (SSSR count). The minimum Gasteiger partial charge on any atom is -0.489 e. The van der Waals surface area contributed by atoms with Crippen LogP contribution in [0.5, 0.6) is 5.75 Å². The van der Waals surface area contributed by atoms with Crippen LogP contribution in [-0.2, 0) is 12.0 Å². The number of nitrogens with two attached hydrogens (primary N) is 1. The zero-order chi connectivity index (χ0) is 15.0. The number of aryl methyl sites for hydroxylation is 1. The average molecular weight is 284 g/mol. The number of anilines is 1. The number of ether oxygens (including phenoxy) is 1. The molecule has 1 aromatic heterocycles. The normalized spacial score (nSPS) is 20.6. The first-order valence-electron chi connectivity index (χ1n) is 7.22. The fourth-order valence-electron chi connectivity index (χ4n) is 2.96. The molecule has 0 aliphatic heterocycles. The first kappa shape index (κ1) is 13.9. The number of nitrogen functional groups attached to an aromatic ring is 1. The van der Waals surface area contributed by atoms with Gasteiger partial charge in [0.15, 0.2) is 0 Å². The third-order valence-corrected chi connectivity index (χ3v) is 3.89. The lowest BCUT2D eigenvalue weighted by molar-refractivity contribution is 0.0820. The summed E-state index contributed by atoms with van der Waals surface area (Å²) in [5.74, 6) is 0.680. The molecule has 110 valence electrons. The molecule has 3 N–H and O–H groups in total. The van der Waals surface area contributed by atoms with E-state index in [1.807, 2.05) is 38.1 Å². The highest BCUT2D eigenvalue weighted by atomic mass is 16.5. The maximum Gasteiger partial charge on any atom is 0.138 e. The van der Waals surface area contributed by atoms with Gasteiger partial charge in [-0.15, -0.1) is 0 Å². The number of hydrogen-bond acceptors (Lipinski definition) is 4. The lowest BCUT2D eigenvalue weighted by Gasteiger charge is -2.25. The minimum atomic E-state index is -1.01. The smallest absolute Gasteiger partial charge is 0.138 e.